The number of anilines is 2. The zero-order valence-electron chi connectivity index (χ0n) is 14.8. The molecule has 0 aromatic heterocycles. The highest BCUT2D eigenvalue weighted by Crippen LogP contribution is 2.15. The Morgan fingerprint density at radius 1 is 0.923 bits per heavy atom. The van der Waals surface area contributed by atoms with E-state index < -0.39 is 0 Å². The van der Waals surface area contributed by atoms with Gasteiger partial charge in [0.2, 0.25) is 0 Å². The van der Waals surface area contributed by atoms with E-state index in [1.54, 1.807) is 55.6 Å². The third kappa shape index (κ3) is 6.74. The van der Waals surface area contributed by atoms with E-state index >= 15 is 0 Å². The van der Waals surface area contributed by atoms with Crippen molar-refractivity contribution in [2.24, 2.45) is 0 Å². The van der Waals surface area contributed by atoms with Crippen LogP contribution in [0.15, 0.2) is 48.5 Å². The molecule has 2 amide bonds. The number of hydrogen-bond donors (Lipinski definition) is 3. The van der Waals surface area contributed by atoms with Crippen LogP contribution in [0.25, 0.3) is 0 Å². The van der Waals surface area contributed by atoms with Gasteiger partial charge in [-0.2, -0.15) is 0 Å². The molecule has 0 heterocycles. The SMILES string of the molecule is CCOc1ccc(NC(=O)C[NH+](C)CC(=O)Nc2ccc(Cl)cc2)cc1. The van der Waals surface area contributed by atoms with Crippen molar-refractivity contribution >= 4 is 34.8 Å². The average Bonchev–Trinajstić information content (AvgIpc) is 2.58. The normalized spacial score (nSPS) is 11.5. The molecule has 0 bridgehead atoms. The summed E-state index contributed by atoms with van der Waals surface area (Å²) < 4.78 is 5.36. The van der Waals surface area contributed by atoms with E-state index in [1.807, 2.05) is 6.92 Å². The minimum absolute atomic E-state index is 0.161. The number of nitrogens with one attached hydrogen (secondary N) is 3. The van der Waals surface area contributed by atoms with Crippen LogP contribution in [0.5, 0.6) is 5.75 Å². The Labute approximate surface area is 158 Å². The highest BCUT2D eigenvalue weighted by molar-refractivity contribution is 6.30. The molecule has 6 nitrogen and oxygen atoms in total. The van der Waals surface area contributed by atoms with Crippen LogP contribution in [-0.2, 0) is 9.59 Å². The van der Waals surface area contributed by atoms with Crippen LogP contribution in [0.1, 0.15) is 6.92 Å². The van der Waals surface area contributed by atoms with Gasteiger partial charge >= 0.3 is 0 Å². The lowest BCUT2D eigenvalue weighted by atomic mass is 10.3. The molecular weight excluding hydrogens is 354 g/mol. The number of carbonyl (C=O) groups excluding carboxylic acids is 2. The summed E-state index contributed by atoms with van der Waals surface area (Å²) in [6.07, 6.45) is 0. The maximum absolute atomic E-state index is 12.1. The zero-order valence-corrected chi connectivity index (χ0v) is 15.6. The maximum atomic E-state index is 12.1. The number of quaternary nitrogens is 1. The van der Waals surface area contributed by atoms with E-state index in [9.17, 15) is 9.59 Å². The molecule has 138 valence electrons. The van der Waals surface area contributed by atoms with Crippen LogP contribution in [-0.4, -0.2) is 38.6 Å². The number of carbonyl (C=O) groups is 2. The number of hydrogen-bond acceptors (Lipinski definition) is 3. The largest absolute Gasteiger partial charge is 0.494 e. The van der Waals surface area contributed by atoms with Gasteiger partial charge in [0, 0.05) is 16.4 Å². The van der Waals surface area contributed by atoms with Crippen LogP contribution >= 0.6 is 11.6 Å². The summed E-state index contributed by atoms with van der Waals surface area (Å²) >= 11 is 5.81. The summed E-state index contributed by atoms with van der Waals surface area (Å²) in [4.78, 5) is 24.9. The summed E-state index contributed by atoms with van der Waals surface area (Å²) in [5.41, 5.74) is 1.36. The molecule has 0 saturated heterocycles. The summed E-state index contributed by atoms with van der Waals surface area (Å²) in [5, 5.41) is 6.19. The third-order valence-electron chi connectivity index (χ3n) is 3.50. The molecule has 0 aliphatic carbocycles. The van der Waals surface area contributed by atoms with Gasteiger partial charge in [-0.3, -0.25) is 9.59 Å². The molecule has 7 heteroatoms. The minimum Gasteiger partial charge on any atom is -0.494 e. The number of benzene rings is 2. The van der Waals surface area contributed by atoms with Gasteiger partial charge in [0.1, 0.15) is 5.75 Å². The van der Waals surface area contributed by atoms with Crippen molar-refractivity contribution in [3.05, 3.63) is 53.6 Å². The Morgan fingerprint density at radius 3 is 1.85 bits per heavy atom. The topological polar surface area (TPSA) is 71.9 Å². The lowest BCUT2D eigenvalue weighted by molar-refractivity contribution is -0.862. The van der Waals surface area contributed by atoms with Gasteiger partial charge in [-0.05, 0) is 55.5 Å². The van der Waals surface area contributed by atoms with Crippen molar-refractivity contribution in [1.29, 1.82) is 0 Å². The number of rotatable bonds is 8. The fraction of sp³-hybridized carbons (Fsp3) is 0.263. The first-order chi connectivity index (χ1) is 12.5. The molecule has 0 aliphatic heterocycles. The zero-order chi connectivity index (χ0) is 18.9. The number of ether oxygens (including phenoxy) is 1. The van der Waals surface area contributed by atoms with Crippen molar-refractivity contribution in [3.8, 4) is 5.75 Å². The fourth-order valence-corrected chi connectivity index (χ4v) is 2.48. The van der Waals surface area contributed by atoms with E-state index in [1.165, 1.54) is 0 Å². The Hall–Kier alpha value is -2.57. The van der Waals surface area contributed by atoms with Crippen LogP contribution in [0.4, 0.5) is 11.4 Å². The van der Waals surface area contributed by atoms with Gasteiger partial charge in [-0.1, -0.05) is 11.6 Å². The lowest BCUT2D eigenvalue weighted by Crippen LogP contribution is -3.11. The molecule has 0 saturated carbocycles. The third-order valence-corrected chi connectivity index (χ3v) is 3.75. The van der Waals surface area contributed by atoms with Crippen molar-refractivity contribution in [2.45, 2.75) is 6.92 Å². The van der Waals surface area contributed by atoms with E-state index in [-0.39, 0.29) is 24.9 Å². The van der Waals surface area contributed by atoms with Crippen LogP contribution in [0, 0.1) is 0 Å². The van der Waals surface area contributed by atoms with Crippen LogP contribution in [0.2, 0.25) is 5.02 Å². The van der Waals surface area contributed by atoms with E-state index in [0.29, 0.717) is 23.0 Å². The summed E-state index contributed by atoms with van der Waals surface area (Å²) in [6.45, 7) is 2.87. The van der Waals surface area contributed by atoms with E-state index in [0.717, 1.165) is 10.6 Å². The lowest BCUT2D eigenvalue weighted by Gasteiger charge is -2.14. The van der Waals surface area contributed by atoms with E-state index in [4.69, 9.17) is 16.3 Å². The predicted molar refractivity (Wildman–Crippen MR) is 103 cm³/mol. The monoisotopic (exact) mass is 376 g/mol. The van der Waals surface area contributed by atoms with Crippen LogP contribution < -0.4 is 20.3 Å². The molecule has 1 unspecified atom stereocenters. The second kappa shape index (κ2) is 9.79. The molecule has 0 spiro atoms. The van der Waals surface area contributed by atoms with Gasteiger partial charge in [0.05, 0.1) is 13.7 Å². The van der Waals surface area contributed by atoms with Crippen molar-refractivity contribution in [2.75, 3.05) is 37.4 Å². The highest BCUT2D eigenvalue weighted by atomic mass is 35.5. The molecule has 0 aliphatic rings. The molecule has 2 aromatic rings. The molecule has 2 rings (SSSR count). The minimum atomic E-state index is -0.168. The molecule has 1 atom stereocenters. The number of amides is 2. The van der Waals surface area contributed by atoms with Gasteiger partial charge in [-0.25, -0.2) is 0 Å². The van der Waals surface area contributed by atoms with Gasteiger partial charge < -0.3 is 20.3 Å². The molecule has 2 aromatic carbocycles. The molecule has 3 N–H and O–H groups in total. The summed E-state index contributed by atoms with van der Waals surface area (Å²) in [7, 11) is 1.79. The molecule has 26 heavy (non-hydrogen) atoms. The van der Waals surface area contributed by atoms with E-state index in [2.05, 4.69) is 10.6 Å². The van der Waals surface area contributed by atoms with Crippen molar-refractivity contribution < 1.29 is 19.2 Å². The Bertz CT molecular complexity index is 733. The highest BCUT2D eigenvalue weighted by Gasteiger charge is 2.14. The Balaban J connectivity index is 1.77. The number of halogens is 1. The van der Waals surface area contributed by atoms with Crippen molar-refractivity contribution in [1.82, 2.24) is 0 Å². The smallest absolute Gasteiger partial charge is 0.279 e. The summed E-state index contributed by atoms with van der Waals surface area (Å²) in [5.74, 6) is 0.428. The first-order valence-corrected chi connectivity index (χ1v) is 8.73. The van der Waals surface area contributed by atoms with Gasteiger partial charge in [0.25, 0.3) is 11.8 Å². The maximum Gasteiger partial charge on any atom is 0.279 e. The second-order valence-electron chi connectivity index (χ2n) is 5.87. The first kappa shape index (κ1) is 19.8. The first-order valence-electron chi connectivity index (χ1n) is 8.35. The Morgan fingerprint density at radius 2 is 1.38 bits per heavy atom. The standard InChI is InChI=1S/C19H22ClN3O3/c1-3-26-17-10-8-16(9-11-17)22-19(25)13-23(2)12-18(24)21-15-6-4-14(20)5-7-15/h4-11H,3,12-13H2,1-2H3,(H,21,24)(H,22,25)/p+1. The second-order valence-corrected chi connectivity index (χ2v) is 6.31. The van der Waals surface area contributed by atoms with Crippen molar-refractivity contribution in [3.63, 3.8) is 0 Å². The van der Waals surface area contributed by atoms with Gasteiger partial charge in [-0.15, -0.1) is 0 Å². The van der Waals surface area contributed by atoms with Gasteiger partial charge in [0.15, 0.2) is 13.1 Å². The van der Waals surface area contributed by atoms with Crippen LogP contribution in [0.3, 0.4) is 0 Å². The molecule has 0 fully saturated rings. The Kier molecular flexibility index (Phi) is 7.44. The number of likely N-dealkylation sites (N-methyl/N-ethyl adjacent to an activating group) is 1. The predicted octanol–water partition coefficient (Wildman–Crippen LogP) is 1.83. The molecular formula is C19H23ClN3O3+. The fourth-order valence-electron chi connectivity index (χ4n) is 2.36. The quantitative estimate of drug-likeness (QED) is 0.658. The average molecular weight is 377 g/mol. The summed E-state index contributed by atoms with van der Waals surface area (Å²) in [6, 6.07) is 14.0. The molecule has 0 radical (unpaired) electrons.